The molecule has 6 nitrogen and oxygen atoms in total. The first-order valence-corrected chi connectivity index (χ1v) is 6.49. The molecule has 0 amide bonds. The molecule has 1 unspecified atom stereocenters. The fourth-order valence-electron chi connectivity index (χ4n) is 2.05. The van der Waals surface area contributed by atoms with E-state index in [-0.39, 0.29) is 17.3 Å². The minimum Gasteiger partial charge on any atom is -0.383 e. The second-order valence-electron chi connectivity index (χ2n) is 4.73. The molecule has 108 valence electrons. The highest BCUT2D eigenvalue weighted by atomic mass is 16.5. The molecule has 0 saturated carbocycles. The van der Waals surface area contributed by atoms with Crippen molar-refractivity contribution in [1.82, 2.24) is 14.5 Å². The molecule has 0 saturated heterocycles. The second kappa shape index (κ2) is 7.25. The molecule has 1 N–H and O–H groups in total. The van der Waals surface area contributed by atoms with Crippen molar-refractivity contribution in [3.05, 3.63) is 32.6 Å². The van der Waals surface area contributed by atoms with Crippen molar-refractivity contribution in [1.29, 1.82) is 0 Å². The van der Waals surface area contributed by atoms with E-state index in [1.54, 1.807) is 20.4 Å². The number of aromatic nitrogens is 2. The van der Waals surface area contributed by atoms with Crippen LogP contribution in [0.25, 0.3) is 0 Å². The van der Waals surface area contributed by atoms with Crippen molar-refractivity contribution in [2.75, 3.05) is 13.7 Å². The first kappa shape index (κ1) is 15.7. The van der Waals surface area contributed by atoms with Gasteiger partial charge in [-0.25, -0.2) is 4.79 Å². The van der Waals surface area contributed by atoms with Crippen molar-refractivity contribution in [3.8, 4) is 0 Å². The maximum Gasteiger partial charge on any atom is 0.330 e. The number of aryl methyl sites for hydroxylation is 1. The Kier molecular flexibility index (Phi) is 5.98. The van der Waals surface area contributed by atoms with Crippen LogP contribution in [0, 0.1) is 0 Å². The topological polar surface area (TPSA) is 65.3 Å². The van der Waals surface area contributed by atoms with Crippen molar-refractivity contribution in [2.24, 2.45) is 14.1 Å². The van der Waals surface area contributed by atoms with Gasteiger partial charge in [-0.1, -0.05) is 13.3 Å². The zero-order chi connectivity index (χ0) is 14.4. The van der Waals surface area contributed by atoms with Crippen molar-refractivity contribution >= 4 is 0 Å². The second-order valence-corrected chi connectivity index (χ2v) is 4.73. The quantitative estimate of drug-likeness (QED) is 0.756. The highest BCUT2D eigenvalue weighted by Crippen LogP contribution is 1.98. The SMILES string of the molecule is CCCC(COC)NCc1cn(C)c(=O)n(C)c1=O. The minimum atomic E-state index is -0.309. The number of hydrogen-bond donors (Lipinski definition) is 1. The average molecular weight is 269 g/mol. The maximum atomic E-state index is 11.9. The first-order chi connectivity index (χ1) is 9.01. The van der Waals surface area contributed by atoms with Crippen LogP contribution >= 0.6 is 0 Å². The van der Waals surface area contributed by atoms with E-state index in [9.17, 15) is 9.59 Å². The third-order valence-electron chi connectivity index (χ3n) is 3.10. The Morgan fingerprint density at radius 1 is 1.37 bits per heavy atom. The van der Waals surface area contributed by atoms with E-state index in [0.717, 1.165) is 17.4 Å². The molecule has 19 heavy (non-hydrogen) atoms. The monoisotopic (exact) mass is 269 g/mol. The Labute approximate surface area is 113 Å². The molecule has 1 aromatic heterocycles. The van der Waals surface area contributed by atoms with Gasteiger partial charge in [-0.2, -0.15) is 0 Å². The molecule has 0 aliphatic rings. The van der Waals surface area contributed by atoms with E-state index in [1.807, 2.05) is 0 Å². The van der Waals surface area contributed by atoms with Crippen LogP contribution in [0.3, 0.4) is 0 Å². The summed E-state index contributed by atoms with van der Waals surface area (Å²) in [5, 5.41) is 3.30. The molecule has 0 bridgehead atoms. The van der Waals surface area contributed by atoms with Gasteiger partial charge >= 0.3 is 5.69 Å². The first-order valence-electron chi connectivity index (χ1n) is 6.49. The van der Waals surface area contributed by atoms with Gasteiger partial charge in [-0.15, -0.1) is 0 Å². The zero-order valence-corrected chi connectivity index (χ0v) is 12.1. The van der Waals surface area contributed by atoms with Gasteiger partial charge in [0.2, 0.25) is 0 Å². The summed E-state index contributed by atoms with van der Waals surface area (Å²) in [6, 6.07) is 0.219. The molecule has 0 fully saturated rings. The summed E-state index contributed by atoms with van der Waals surface area (Å²) in [6.45, 7) is 3.16. The Balaban J connectivity index is 2.83. The maximum absolute atomic E-state index is 11.9. The molecule has 0 aromatic carbocycles. The molecular formula is C13H23N3O3. The highest BCUT2D eigenvalue weighted by molar-refractivity contribution is 5.05. The molecule has 0 aliphatic heterocycles. The van der Waals surface area contributed by atoms with E-state index in [0.29, 0.717) is 18.7 Å². The number of nitrogens with zero attached hydrogens (tertiary/aromatic N) is 2. The number of hydrogen-bond acceptors (Lipinski definition) is 4. The Morgan fingerprint density at radius 3 is 2.63 bits per heavy atom. The molecule has 1 heterocycles. The van der Waals surface area contributed by atoms with Gasteiger partial charge in [0, 0.05) is 45.6 Å². The van der Waals surface area contributed by atoms with Crippen molar-refractivity contribution in [3.63, 3.8) is 0 Å². The summed E-state index contributed by atoms with van der Waals surface area (Å²) in [7, 11) is 4.80. The van der Waals surface area contributed by atoms with Crippen LogP contribution in [0.5, 0.6) is 0 Å². The predicted molar refractivity (Wildman–Crippen MR) is 74.3 cm³/mol. The third kappa shape index (κ3) is 4.04. The number of methoxy groups -OCH3 is 1. The number of ether oxygens (including phenoxy) is 1. The van der Waals surface area contributed by atoms with Crippen molar-refractivity contribution < 1.29 is 4.74 Å². The molecule has 0 spiro atoms. The highest BCUT2D eigenvalue weighted by Gasteiger charge is 2.10. The van der Waals surface area contributed by atoms with Crippen LogP contribution in [-0.4, -0.2) is 28.9 Å². The van der Waals surface area contributed by atoms with E-state index in [4.69, 9.17) is 4.74 Å². The van der Waals surface area contributed by atoms with Crippen LogP contribution in [0.15, 0.2) is 15.8 Å². The molecule has 0 aliphatic carbocycles. The molecule has 6 heteroatoms. The largest absolute Gasteiger partial charge is 0.383 e. The van der Waals surface area contributed by atoms with Gasteiger partial charge in [0.1, 0.15) is 0 Å². The smallest absolute Gasteiger partial charge is 0.330 e. The van der Waals surface area contributed by atoms with Crippen LogP contribution < -0.4 is 16.6 Å². The molecule has 1 aromatic rings. The van der Waals surface area contributed by atoms with Crippen LogP contribution in [0.2, 0.25) is 0 Å². The summed E-state index contributed by atoms with van der Waals surface area (Å²) in [5.74, 6) is 0. The summed E-state index contributed by atoms with van der Waals surface area (Å²) in [6.07, 6.45) is 3.62. The van der Waals surface area contributed by atoms with Gasteiger partial charge in [0.15, 0.2) is 0 Å². The fourth-order valence-corrected chi connectivity index (χ4v) is 2.05. The summed E-state index contributed by atoms with van der Waals surface area (Å²) >= 11 is 0. The fraction of sp³-hybridized carbons (Fsp3) is 0.692. The summed E-state index contributed by atoms with van der Waals surface area (Å²) in [4.78, 5) is 23.5. The minimum absolute atomic E-state index is 0.219. The molecule has 1 atom stereocenters. The van der Waals surface area contributed by atoms with Crippen LogP contribution in [-0.2, 0) is 25.4 Å². The van der Waals surface area contributed by atoms with E-state index in [2.05, 4.69) is 12.2 Å². The lowest BCUT2D eigenvalue weighted by atomic mass is 10.1. The van der Waals surface area contributed by atoms with Gasteiger partial charge in [-0.05, 0) is 6.42 Å². The summed E-state index contributed by atoms with van der Waals surface area (Å²) in [5.41, 5.74) is 0.0285. The van der Waals surface area contributed by atoms with Gasteiger partial charge in [0.05, 0.1) is 6.61 Å². The van der Waals surface area contributed by atoms with Gasteiger partial charge < -0.3 is 14.6 Å². The predicted octanol–water partition coefficient (Wildman–Crippen LogP) is -0.0113. The lowest BCUT2D eigenvalue weighted by Crippen LogP contribution is -2.41. The summed E-state index contributed by atoms with van der Waals surface area (Å²) < 4.78 is 7.69. The Morgan fingerprint density at radius 2 is 2.05 bits per heavy atom. The lowest BCUT2D eigenvalue weighted by Gasteiger charge is -2.17. The molecular weight excluding hydrogens is 246 g/mol. The molecule has 1 rings (SSSR count). The van der Waals surface area contributed by atoms with Crippen LogP contribution in [0.4, 0.5) is 0 Å². The van der Waals surface area contributed by atoms with Crippen molar-refractivity contribution in [2.45, 2.75) is 32.4 Å². The number of rotatable bonds is 7. The van der Waals surface area contributed by atoms with E-state index in [1.165, 1.54) is 11.6 Å². The zero-order valence-electron chi connectivity index (χ0n) is 12.1. The number of nitrogens with one attached hydrogen (secondary N) is 1. The van der Waals surface area contributed by atoms with Gasteiger partial charge in [0.25, 0.3) is 5.56 Å². The lowest BCUT2D eigenvalue weighted by molar-refractivity contribution is 0.161. The van der Waals surface area contributed by atoms with Crippen LogP contribution in [0.1, 0.15) is 25.3 Å². The average Bonchev–Trinajstić information content (AvgIpc) is 2.39. The van der Waals surface area contributed by atoms with Gasteiger partial charge in [-0.3, -0.25) is 9.36 Å². The third-order valence-corrected chi connectivity index (χ3v) is 3.10. The normalized spacial score (nSPS) is 12.6. The standard InChI is InChI=1S/C13H23N3O3/c1-5-6-11(9-19-4)14-7-10-8-15(2)13(18)16(3)12(10)17/h8,11,14H,5-7,9H2,1-4H3. The van der Waals surface area contributed by atoms with E-state index >= 15 is 0 Å². The van der Waals surface area contributed by atoms with E-state index < -0.39 is 0 Å². The Hall–Kier alpha value is -1.40. The molecule has 0 radical (unpaired) electrons. The Bertz CT molecular complexity index is 513.